The number of rotatable bonds is 5. The summed E-state index contributed by atoms with van der Waals surface area (Å²) in [5.74, 6) is 0.753. The van der Waals surface area contributed by atoms with Crippen LogP contribution in [0.25, 0.3) is 0 Å². The first kappa shape index (κ1) is 16.9. The molecule has 7 heteroatoms. The SMILES string of the molecule is Cc1ccc(N=Nc2c(N)nc(SCc3ccccc3)[nH]c2=O)cc1. The zero-order valence-corrected chi connectivity index (χ0v) is 14.5. The molecule has 0 fully saturated rings. The molecular weight excluding hydrogens is 334 g/mol. The predicted molar refractivity (Wildman–Crippen MR) is 101 cm³/mol. The van der Waals surface area contributed by atoms with Gasteiger partial charge in [-0.1, -0.05) is 59.8 Å². The van der Waals surface area contributed by atoms with Gasteiger partial charge in [-0.3, -0.25) is 9.78 Å². The van der Waals surface area contributed by atoms with E-state index >= 15 is 0 Å². The van der Waals surface area contributed by atoms with Crippen LogP contribution in [-0.4, -0.2) is 9.97 Å². The Bertz CT molecular complexity index is 936. The predicted octanol–water partition coefficient (Wildman–Crippen LogP) is 4.37. The molecular formula is C18H17N5OS. The van der Waals surface area contributed by atoms with E-state index in [-0.39, 0.29) is 11.5 Å². The summed E-state index contributed by atoms with van der Waals surface area (Å²) in [5.41, 5.74) is 8.40. The van der Waals surface area contributed by atoms with Crippen molar-refractivity contribution in [3.63, 3.8) is 0 Å². The number of benzene rings is 2. The Morgan fingerprint density at radius 2 is 1.80 bits per heavy atom. The van der Waals surface area contributed by atoms with E-state index in [4.69, 9.17) is 5.73 Å². The van der Waals surface area contributed by atoms with Gasteiger partial charge in [0.25, 0.3) is 5.56 Å². The van der Waals surface area contributed by atoms with E-state index in [1.165, 1.54) is 11.8 Å². The number of azo groups is 1. The van der Waals surface area contributed by atoms with Crippen LogP contribution >= 0.6 is 11.8 Å². The monoisotopic (exact) mass is 351 g/mol. The van der Waals surface area contributed by atoms with Gasteiger partial charge in [-0.05, 0) is 24.6 Å². The number of anilines is 1. The molecule has 3 N–H and O–H groups in total. The smallest absolute Gasteiger partial charge is 0.281 e. The van der Waals surface area contributed by atoms with Crippen molar-refractivity contribution in [2.75, 3.05) is 5.73 Å². The second kappa shape index (κ2) is 7.76. The average molecular weight is 351 g/mol. The van der Waals surface area contributed by atoms with Crippen LogP contribution in [0.2, 0.25) is 0 Å². The van der Waals surface area contributed by atoms with E-state index < -0.39 is 5.56 Å². The molecule has 0 saturated carbocycles. The van der Waals surface area contributed by atoms with E-state index in [0.717, 1.165) is 11.1 Å². The van der Waals surface area contributed by atoms with E-state index in [1.807, 2.05) is 61.5 Å². The fourth-order valence-corrected chi connectivity index (χ4v) is 2.90. The highest BCUT2D eigenvalue weighted by atomic mass is 32.2. The summed E-state index contributed by atoms with van der Waals surface area (Å²) in [7, 11) is 0. The number of nitrogens with two attached hydrogens (primary N) is 1. The van der Waals surface area contributed by atoms with Gasteiger partial charge >= 0.3 is 0 Å². The summed E-state index contributed by atoms with van der Waals surface area (Å²) < 4.78 is 0. The van der Waals surface area contributed by atoms with Crippen LogP contribution in [0.3, 0.4) is 0 Å². The number of thioether (sulfide) groups is 1. The van der Waals surface area contributed by atoms with E-state index in [9.17, 15) is 4.79 Å². The molecule has 25 heavy (non-hydrogen) atoms. The lowest BCUT2D eigenvalue weighted by molar-refractivity contribution is 0.937. The molecule has 0 saturated heterocycles. The average Bonchev–Trinajstić information content (AvgIpc) is 2.62. The van der Waals surface area contributed by atoms with Gasteiger partial charge in [0, 0.05) is 5.75 Å². The van der Waals surface area contributed by atoms with Crippen molar-refractivity contribution in [3.8, 4) is 0 Å². The number of H-pyrrole nitrogens is 1. The van der Waals surface area contributed by atoms with E-state index in [1.54, 1.807) is 0 Å². The lowest BCUT2D eigenvalue weighted by atomic mass is 10.2. The van der Waals surface area contributed by atoms with Gasteiger partial charge in [0.1, 0.15) is 0 Å². The number of hydrogen-bond donors (Lipinski definition) is 2. The number of aromatic amines is 1. The Hall–Kier alpha value is -2.93. The maximum absolute atomic E-state index is 12.2. The Labute approximate surface area is 149 Å². The second-order valence-electron chi connectivity index (χ2n) is 5.41. The Balaban J connectivity index is 1.76. The summed E-state index contributed by atoms with van der Waals surface area (Å²) in [6.07, 6.45) is 0. The van der Waals surface area contributed by atoms with E-state index in [0.29, 0.717) is 16.6 Å². The summed E-state index contributed by atoms with van der Waals surface area (Å²) >= 11 is 1.41. The normalized spacial score (nSPS) is 11.1. The molecule has 1 aromatic heterocycles. The molecule has 2 aromatic carbocycles. The van der Waals surface area contributed by atoms with Crippen molar-refractivity contribution in [1.29, 1.82) is 0 Å². The first-order valence-electron chi connectivity index (χ1n) is 7.67. The van der Waals surface area contributed by atoms with E-state index in [2.05, 4.69) is 20.2 Å². The summed E-state index contributed by atoms with van der Waals surface area (Å²) in [5, 5.41) is 8.45. The van der Waals surface area contributed by atoms with Crippen molar-refractivity contribution in [1.82, 2.24) is 9.97 Å². The number of hydrogen-bond acceptors (Lipinski definition) is 6. The molecule has 3 aromatic rings. The van der Waals surface area contributed by atoms with Gasteiger partial charge in [0.05, 0.1) is 5.69 Å². The zero-order valence-electron chi connectivity index (χ0n) is 13.6. The topological polar surface area (TPSA) is 96.5 Å². The minimum absolute atomic E-state index is 0.0182. The third-order valence-corrected chi connectivity index (χ3v) is 4.36. The summed E-state index contributed by atoms with van der Waals surface area (Å²) in [6, 6.07) is 17.4. The second-order valence-corrected chi connectivity index (χ2v) is 6.38. The first-order valence-corrected chi connectivity index (χ1v) is 8.65. The molecule has 0 amide bonds. The summed E-state index contributed by atoms with van der Waals surface area (Å²) in [6.45, 7) is 1.99. The van der Waals surface area contributed by atoms with Crippen LogP contribution < -0.4 is 11.3 Å². The number of nitrogens with zero attached hydrogens (tertiary/aromatic N) is 3. The number of aryl methyl sites for hydroxylation is 1. The number of nitrogen functional groups attached to an aromatic ring is 1. The standard InChI is InChI=1S/C18H17N5OS/c1-12-7-9-14(10-8-12)22-23-15-16(19)20-18(21-17(15)24)25-11-13-5-3-2-4-6-13/h2-10H,11H2,1H3,(H3,19,20,21,24). The fourth-order valence-electron chi connectivity index (χ4n) is 2.07. The minimum Gasteiger partial charge on any atom is -0.382 e. The van der Waals surface area contributed by atoms with Crippen molar-refractivity contribution >= 4 is 29.0 Å². The molecule has 126 valence electrons. The molecule has 0 aliphatic carbocycles. The Morgan fingerprint density at radius 1 is 1.08 bits per heavy atom. The van der Waals surface area contributed by atoms with Crippen molar-refractivity contribution in [3.05, 3.63) is 76.1 Å². The third-order valence-electron chi connectivity index (χ3n) is 3.42. The van der Waals surface area contributed by atoms with Gasteiger partial charge < -0.3 is 5.73 Å². The number of nitrogens with one attached hydrogen (secondary N) is 1. The molecule has 1 heterocycles. The molecule has 0 aliphatic heterocycles. The molecule has 3 rings (SSSR count). The van der Waals surface area contributed by atoms with Gasteiger partial charge in [-0.25, -0.2) is 4.98 Å². The van der Waals surface area contributed by atoms with Crippen LogP contribution in [-0.2, 0) is 5.75 Å². The Kier molecular flexibility index (Phi) is 5.25. The van der Waals surface area contributed by atoms with Crippen LogP contribution in [0.5, 0.6) is 0 Å². The fraction of sp³-hybridized carbons (Fsp3) is 0.111. The summed E-state index contributed by atoms with van der Waals surface area (Å²) in [4.78, 5) is 19.1. The highest BCUT2D eigenvalue weighted by Crippen LogP contribution is 2.23. The molecule has 0 bridgehead atoms. The van der Waals surface area contributed by atoms with Gasteiger partial charge in [-0.2, -0.15) is 5.11 Å². The molecule has 0 radical (unpaired) electrons. The Morgan fingerprint density at radius 3 is 2.48 bits per heavy atom. The van der Waals surface area contributed by atoms with Crippen molar-refractivity contribution in [2.24, 2.45) is 10.2 Å². The molecule has 0 unspecified atom stereocenters. The zero-order chi connectivity index (χ0) is 17.6. The van der Waals surface area contributed by atoms with Gasteiger partial charge in [0.2, 0.25) is 0 Å². The lowest BCUT2D eigenvalue weighted by Crippen LogP contribution is -2.11. The largest absolute Gasteiger partial charge is 0.382 e. The van der Waals surface area contributed by atoms with Crippen molar-refractivity contribution in [2.45, 2.75) is 17.8 Å². The van der Waals surface area contributed by atoms with Crippen LogP contribution in [0.1, 0.15) is 11.1 Å². The maximum Gasteiger partial charge on any atom is 0.281 e. The molecule has 0 atom stereocenters. The van der Waals surface area contributed by atoms with Crippen LogP contribution in [0.15, 0.2) is 74.8 Å². The quantitative estimate of drug-likeness (QED) is 0.405. The maximum atomic E-state index is 12.2. The molecule has 0 spiro atoms. The third kappa shape index (κ3) is 4.54. The highest BCUT2D eigenvalue weighted by molar-refractivity contribution is 7.98. The van der Waals surface area contributed by atoms with Gasteiger partial charge in [0.15, 0.2) is 16.7 Å². The van der Waals surface area contributed by atoms with Crippen LogP contribution in [0.4, 0.5) is 17.2 Å². The first-order chi connectivity index (χ1) is 12.1. The van der Waals surface area contributed by atoms with Crippen LogP contribution in [0, 0.1) is 6.92 Å². The van der Waals surface area contributed by atoms with Crippen molar-refractivity contribution < 1.29 is 0 Å². The lowest BCUT2D eigenvalue weighted by Gasteiger charge is -2.03. The highest BCUT2D eigenvalue weighted by Gasteiger charge is 2.09. The molecule has 6 nitrogen and oxygen atoms in total. The number of aromatic nitrogens is 2. The minimum atomic E-state index is -0.404. The molecule has 0 aliphatic rings. The van der Waals surface area contributed by atoms with Gasteiger partial charge in [-0.15, -0.1) is 5.11 Å².